The maximum absolute atomic E-state index is 12.4. The zero-order chi connectivity index (χ0) is 18.2. The van der Waals surface area contributed by atoms with E-state index in [0.717, 1.165) is 23.5 Å². The lowest BCUT2D eigenvalue weighted by Crippen LogP contribution is -2.47. The Kier molecular flexibility index (Phi) is 7.10. The topological polar surface area (TPSA) is 76.7 Å². The van der Waals surface area contributed by atoms with Crippen LogP contribution in [0.2, 0.25) is 0 Å². The lowest BCUT2D eigenvalue weighted by molar-refractivity contribution is -0.129. The van der Waals surface area contributed by atoms with Gasteiger partial charge in [0, 0.05) is 13.0 Å². The molecule has 2 N–H and O–H groups in total. The summed E-state index contributed by atoms with van der Waals surface area (Å²) in [6.07, 6.45) is 2.54. The van der Waals surface area contributed by atoms with Crippen LogP contribution in [0.1, 0.15) is 45.6 Å². The van der Waals surface area contributed by atoms with Gasteiger partial charge in [-0.25, -0.2) is 0 Å². The Bertz CT molecular complexity index is 601. The van der Waals surface area contributed by atoms with Gasteiger partial charge in [0.15, 0.2) is 11.5 Å². The Morgan fingerprint density at radius 3 is 2.68 bits per heavy atom. The summed E-state index contributed by atoms with van der Waals surface area (Å²) in [6, 6.07) is 5.31. The molecule has 6 heteroatoms. The number of rotatable bonds is 9. The summed E-state index contributed by atoms with van der Waals surface area (Å²) in [4.78, 5) is 24.3. The molecule has 1 aliphatic heterocycles. The van der Waals surface area contributed by atoms with E-state index in [9.17, 15) is 9.59 Å². The zero-order valence-electron chi connectivity index (χ0n) is 15.3. The average Bonchev–Trinajstić information content (AvgIpc) is 3.01. The summed E-state index contributed by atoms with van der Waals surface area (Å²) in [5, 5.41) is 5.77. The van der Waals surface area contributed by atoms with Gasteiger partial charge in [0.25, 0.3) is 0 Å². The molecule has 6 nitrogen and oxygen atoms in total. The standard InChI is InChI=1S/C19H28N2O4/c1-4-5-18(22)21-15(10-13(2)3)19(23)20-9-8-14-6-7-16-17(11-14)25-12-24-16/h6-7,11,13,15H,4-5,8-10,12H2,1-3H3,(H,20,23)(H,21,22). The monoisotopic (exact) mass is 348 g/mol. The van der Waals surface area contributed by atoms with E-state index in [2.05, 4.69) is 10.6 Å². The number of nitrogens with one attached hydrogen (secondary N) is 2. The van der Waals surface area contributed by atoms with Gasteiger partial charge < -0.3 is 20.1 Å². The number of amides is 2. The van der Waals surface area contributed by atoms with Crippen LogP contribution in [0.3, 0.4) is 0 Å². The second kappa shape index (κ2) is 9.30. The normalized spacial score (nSPS) is 13.6. The minimum atomic E-state index is -0.476. The lowest BCUT2D eigenvalue weighted by atomic mass is 10.0. The predicted molar refractivity (Wildman–Crippen MR) is 95.6 cm³/mol. The number of carbonyl (C=O) groups excluding carboxylic acids is 2. The van der Waals surface area contributed by atoms with Gasteiger partial charge in [-0.15, -0.1) is 0 Å². The SMILES string of the molecule is CCCC(=O)NC(CC(C)C)C(=O)NCCc1ccc2c(c1)OCO2. The van der Waals surface area contributed by atoms with Crippen molar-refractivity contribution >= 4 is 11.8 Å². The number of hydrogen-bond acceptors (Lipinski definition) is 4. The Morgan fingerprint density at radius 1 is 1.20 bits per heavy atom. The summed E-state index contributed by atoms with van der Waals surface area (Å²) >= 11 is 0. The van der Waals surface area contributed by atoms with Crippen molar-refractivity contribution in [2.75, 3.05) is 13.3 Å². The first kappa shape index (κ1) is 19.1. The van der Waals surface area contributed by atoms with Crippen LogP contribution in [0.5, 0.6) is 11.5 Å². The van der Waals surface area contributed by atoms with Gasteiger partial charge in [-0.05, 0) is 42.9 Å². The van der Waals surface area contributed by atoms with E-state index < -0.39 is 6.04 Å². The average molecular weight is 348 g/mol. The van der Waals surface area contributed by atoms with E-state index in [0.29, 0.717) is 31.7 Å². The highest BCUT2D eigenvalue weighted by Crippen LogP contribution is 2.32. The van der Waals surface area contributed by atoms with Crippen molar-refractivity contribution in [2.24, 2.45) is 5.92 Å². The number of carbonyl (C=O) groups is 2. The van der Waals surface area contributed by atoms with Crippen molar-refractivity contribution in [3.63, 3.8) is 0 Å². The summed E-state index contributed by atoms with van der Waals surface area (Å²) in [7, 11) is 0. The third kappa shape index (κ3) is 5.96. The first-order valence-electron chi connectivity index (χ1n) is 8.95. The Hall–Kier alpha value is -2.24. The summed E-state index contributed by atoms with van der Waals surface area (Å²) in [5.74, 6) is 1.63. The fraction of sp³-hybridized carbons (Fsp3) is 0.579. The lowest BCUT2D eigenvalue weighted by Gasteiger charge is -2.20. The van der Waals surface area contributed by atoms with Crippen LogP contribution >= 0.6 is 0 Å². The molecule has 25 heavy (non-hydrogen) atoms. The number of fused-ring (bicyclic) bond motifs is 1. The molecule has 1 atom stereocenters. The molecule has 0 bridgehead atoms. The summed E-state index contributed by atoms with van der Waals surface area (Å²) in [6.45, 7) is 6.79. The zero-order valence-corrected chi connectivity index (χ0v) is 15.3. The van der Waals surface area contributed by atoms with Crippen LogP contribution in [-0.4, -0.2) is 31.2 Å². The van der Waals surface area contributed by atoms with Crippen LogP contribution in [0.15, 0.2) is 18.2 Å². The molecule has 0 aliphatic carbocycles. The molecule has 0 saturated carbocycles. The van der Waals surface area contributed by atoms with Crippen molar-refractivity contribution in [3.8, 4) is 11.5 Å². The molecule has 0 radical (unpaired) electrons. The van der Waals surface area contributed by atoms with Crippen LogP contribution < -0.4 is 20.1 Å². The smallest absolute Gasteiger partial charge is 0.242 e. The molecule has 0 fully saturated rings. The molecule has 1 aromatic rings. The molecule has 0 spiro atoms. The maximum Gasteiger partial charge on any atom is 0.242 e. The Labute approximate surface area is 149 Å². The predicted octanol–water partition coefficient (Wildman–Crippen LogP) is 2.41. The van der Waals surface area contributed by atoms with E-state index >= 15 is 0 Å². The van der Waals surface area contributed by atoms with Gasteiger partial charge in [0.05, 0.1) is 0 Å². The first-order valence-corrected chi connectivity index (χ1v) is 8.95. The van der Waals surface area contributed by atoms with E-state index in [4.69, 9.17) is 9.47 Å². The molecule has 1 aromatic carbocycles. The molecule has 1 unspecified atom stereocenters. The van der Waals surface area contributed by atoms with Crippen molar-refractivity contribution in [3.05, 3.63) is 23.8 Å². The van der Waals surface area contributed by atoms with E-state index in [1.807, 2.05) is 39.0 Å². The minimum Gasteiger partial charge on any atom is -0.454 e. The quantitative estimate of drug-likeness (QED) is 0.718. The molecular formula is C19H28N2O4. The van der Waals surface area contributed by atoms with Crippen molar-refractivity contribution < 1.29 is 19.1 Å². The third-order valence-corrected chi connectivity index (χ3v) is 3.99. The van der Waals surface area contributed by atoms with Gasteiger partial charge in [-0.2, -0.15) is 0 Å². The molecule has 2 amide bonds. The molecule has 0 saturated heterocycles. The van der Waals surface area contributed by atoms with Gasteiger partial charge in [0.1, 0.15) is 6.04 Å². The van der Waals surface area contributed by atoms with Crippen molar-refractivity contribution in [1.29, 1.82) is 0 Å². The number of ether oxygens (including phenoxy) is 2. The van der Waals surface area contributed by atoms with E-state index in [1.54, 1.807) is 0 Å². The molecule has 0 aromatic heterocycles. The highest BCUT2D eigenvalue weighted by Gasteiger charge is 2.21. The van der Waals surface area contributed by atoms with Crippen molar-refractivity contribution in [1.82, 2.24) is 10.6 Å². The first-order chi connectivity index (χ1) is 12.0. The third-order valence-electron chi connectivity index (χ3n) is 3.99. The Morgan fingerprint density at radius 2 is 1.96 bits per heavy atom. The highest BCUT2D eigenvalue weighted by atomic mass is 16.7. The highest BCUT2D eigenvalue weighted by molar-refractivity contribution is 5.87. The van der Waals surface area contributed by atoms with Gasteiger partial charge >= 0.3 is 0 Å². The number of benzene rings is 1. The van der Waals surface area contributed by atoms with Crippen LogP contribution in [0.25, 0.3) is 0 Å². The van der Waals surface area contributed by atoms with E-state index in [-0.39, 0.29) is 18.6 Å². The summed E-state index contributed by atoms with van der Waals surface area (Å²) in [5.41, 5.74) is 1.07. The molecular weight excluding hydrogens is 320 g/mol. The second-order valence-corrected chi connectivity index (χ2v) is 6.73. The molecule has 2 rings (SSSR count). The van der Waals surface area contributed by atoms with Crippen LogP contribution in [-0.2, 0) is 16.0 Å². The van der Waals surface area contributed by atoms with Gasteiger partial charge in [0.2, 0.25) is 18.6 Å². The molecule has 138 valence electrons. The van der Waals surface area contributed by atoms with E-state index in [1.165, 1.54) is 0 Å². The molecule has 1 heterocycles. The van der Waals surface area contributed by atoms with Crippen LogP contribution in [0, 0.1) is 5.92 Å². The van der Waals surface area contributed by atoms with Crippen molar-refractivity contribution in [2.45, 2.75) is 52.5 Å². The van der Waals surface area contributed by atoms with Crippen LogP contribution in [0.4, 0.5) is 0 Å². The molecule has 1 aliphatic rings. The van der Waals surface area contributed by atoms with Gasteiger partial charge in [-0.3, -0.25) is 9.59 Å². The van der Waals surface area contributed by atoms with Gasteiger partial charge in [-0.1, -0.05) is 26.8 Å². The second-order valence-electron chi connectivity index (χ2n) is 6.73. The summed E-state index contributed by atoms with van der Waals surface area (Å²) < 4.78 is 10.6. The fourth-order valence-corrected chi connectivity index (χ4v) is 2.75. The largest absolute Gasteiger partial charge is 0.454 e. The fourth-order valence-electron chi connectivity index (χ4n) is 2.75. The maximum atomic E-state index is 12.4. The minimum absolute atomic E-state index is 0.0703. The Balaban J connectivity index is 1.84. The number of hydrogen-bond donors (Lipinski definition) is 2.